The van der Waals surface area contributed by atoms with Crippen LogP contribution in [-0.2, 0) is 9.59 Å². The van der Waals surface area contributed by atoms with E-state index in [0.29, 0.717) is 24.7 Å². The Bertz CT molecular complexity index is 790. The third-order valence-corrected chi connectivity index (χ3v) is 4.04. The zero-order valence-electron chi connectivity index (χ0n) is 14.2. The first-order valence-electron chi connectivity index (χ1n) is 8.05. The molecular formula is C19H20N2O4. The number of amides is 2. The molecule has 0 saturated carbocycles. The molecule has 6 nitrogen and oxygen atoms in total. The van der Waals surface area contributed by atoms with Crippen LogP contribution in [-0.4, -0.2) is 32.1 Å². The zero-order chi connectivity index (χ0) is 17.8. The second-order valence-corrected chi connectivity index (χ2v) is 5.68. The molecule has 1 atom stereocenters. The van der Waals surface area contributed by atoms with Crippen LogP contribution < -0.4 is 19.7 Å². The fourth-order valence-corrected chi connectivity index (χ4v) is 2.94. The van der Waals surface area contributed by atoms with Gasteiger partial charge in [-0.05, 0) is 18.2 Å². The van der Waals surface area contributed by atoms with Crippen molar-refractivity contribution in [1.82, 2.24) is 5.32 Å². The minimum absolute atomic E-state index is 0.153. The number of carbonyl (C=O) groups is 2. The van der Waals surface area contributed by atoms with Gasteiger partial charge in [0.25, 0.3) is 5.91 Å². The van der Waals surface area contributed by atoms with E-state index in [2.05, 4.69) is 5.32 Å². The van der Waals surface area contributed by atoms with Gasteiger partial charge in [-0.25, -0.2) is 0 Å². The predicted molar refractivity (Wildman–Crippen MR) is 93.8 cm³/mol. The van der Waals surface area contributed by atoms with Gasteiger partial charge in [0.05, 0.1) is 13.7 Å². The van der Waals surface area contributed by atoms with Crippen molar-refractivity contribution in [2.75, 3.05) is 25.2 Å². The first kappa shape index (κ1) is 16.8. The summed E-state index contributed by atoms with van der Waals surface area (Å²) in [5, 5.41) is 2.71. The SMILES string of the molecule is COc1ccccc1OCCN1C(=O)[C@H](NC(C)=O)c2ccccc21. The fraction of sp³-hybridized carbons (Fsp3) is 0.263. The van der Waals surface area contributed by atoms with E-state index in [1.807, 2.05) is 48.5 Å². The average molecular weight is 340 g/mol. The van der Waals surface area contributed by atoms with Crippen LogP contribution in [0.2, 0.25) is 0 Å². The van der Waals surface area contributed by atoms with Crippen molar-refractivity contribution >= 4 is 17.5 Å². The fourth-order valence-electron chi connectivity index (χ4n) is 2.94. The number of nitrogens with one attached hydrogen (secondary N) is 1. The summed E-state index contributed by atoms with van der Waals surface area (Å²) >= 11 is 0. The summed E-state index contributed by atoms with van der Waals surface area (Å²) in [6, 6.07) is 14.2. The van der Waals surface area contributed by atoms with Gasteiger partial charge in [-0.1, -0.05) is 30.3 Å². The summed E-state index contributed by atoms with van der Waals surface area (Å²) in [7, 11) is 1.58. The molecular weight excluding hydrogens is 320 g/mol. The molecule has 130 valence electrons. The maximum Gasteiger partial charge on any atom is 0.254 e. The van der Waals surface area contributed by atoms with Crippen LogP contribution in [0.4, 0.5) is 5.69 Å². The third kappa shape index (κ3) is 3.42. The Hall–Kier alpha value is -3.02. The van der Waals surface area contributed by atoms with Gasteiger partial charge in [0.1, 0.15) is 12.6 Å². The molecule has 0 unspecified atom stereocenters. The van der Waals surface area contributed by atoms with E-state index in [1.54, 1.807) is 12.0 Å². The number of methoxy groups -OCH3 is 1. The van der Waals surface area contributed by atoms with Crippen molar-refractivity contribution in [2.45, 2.75) is 13.0 Å². The summed E-state index contributed by atoms with van der Waals surface area (Å²) in [5.41, 5.74) is 1.61. The second kappa shape index (κ2) is 7.25. The Balaban J connectivity index is 1.72. The highest BCUT2D eigenvalue weighted by Crippen LogP contribution is 2.35. The molecule has 0 spiro atoms. The molecule has 0 bridgehead atoms. The summed E-state index contributed by atoms with van der Waals surface area (Å²) in [5.74, 6) is 0.885. The van der Waals surface area contributed by atoms with Gasteiger partial charge in [0, 0.05) is 18.2 Å². The van der Waals surface area contributed by atoms with E-state index in [0.717, 1.165) is 11.3 Å². The Morgan fingerprint density at radius 2 is 1.80 bits per heavy atom. The molecule has 2 aromatic rings. The lowest BCUT2D eigenvalue weighted by Crippen LogP contribution is -2.38. The number of carbonyl (C=O) groups excluding carboxylic acids is 2. The summed E-state index contributed by atoms with van der Waals surface area (Å²) in [4.78, 5) is 25.7. The molecule has 1 aliphatic rings. The molecule has 0 aromatic heterocycles. The number of fused-ring (bicyclic) bond motifs is 1. The number of nitrogens with zero attached hydrogens (tertiary/aromatic N) is 1. The van der Waals surface area contributed by atoms with Crippen molar-refractivity contribution in [3.63, 3.8) is 0 Å². The number of rotatable bonds is 6. The molecule has 0 aliphatic carbocycles. The van der Waals surface area contributed by atoms with Crippen molar-refractivity contribution in [3.05, 3.63) is 54.1 Å². The van der Waals surface area contributed by atoms with Crippen LogP contribution in [0.25, 0.3) is 0 Å². The van der Waals surface area contributed by atoms with E-state index in [4.69, 9.17) is 9.47 Å². The first-order valence-corrected chi connectivity index (χ1v) is 8.05. The van der Waals surface area contributed by atoms with Gasteiger partial charge in [0.15, 0.2) is 11.5 Å². The highest BCUT2D eigenvalue weighted by molar-refractivity contribution is 6.06. The normalized spacial score (nSPS) is 15.7. The molecule has 25 heavy (non-hydrogen) atoms. The Kier molecular flexibility index (Phi) is 4.88. The topological polar surface area (TPSA) is 67.9 Å². The molecule has 0 radical (unpaired) electrons. The third-order valence-electron chi connectivity index (χ3n) is 4.04. The summed E-state index contributed by atoms with van der Waals surface area (Å²) in [6.45, 7) is 2.10. The highest BCUT2D eigenvalue weighted by Gasteiger charge is 2.37. The molecule has 2 aromatic carbocycles. The minimum Gasteiger partial charge on any atom is -0.493 e. The van der Waals surface area contributed by atoms with E-state index in [9.17, 15) is 9.59 Å². The lowest BCUT2D eigenvalue weighted by molar-refractivity contribution is -0.126. The largest absolute Gasteiger partial charge is 0.493 e. The smallest absolute Gasteiger partial charge is 0.254 e. The van der Waals surface area contributed by atoms with Gasteiger partial charge in [-0.3, -0.25) is 9.59 Å². The van der Waals surface area contributed by atoms with E-state index < -0.39 is 6.04 Å². The quantitative estimate of drug-likeness (QED) is 0.876. The van der Waals surface area contributed by atoms with E-state index in [1.165, 1.54) is 6.92 Å². The standard InChI is InChI=1S/C19H20N2O4/c1-13(22)20-18-14-7-3-4-8-15(14)21(19(18)23)11-12-25-17-10-6-5-9-16(17)24-2/h3-10,18H,11-12H2,1-2H3,(H,20,22)/t18-/m1/s1. The van der Waals surface area contributed by atoms with Gasteiger partial charge >= 0.3 is 0 Å². The number of para-hydroxylation sites is 3. The molecule has 6 heteroatoms. The number of benzene rings is 2. The number of hydrogen-bond donors (Lipinski definition) is 1. The van der Waals surface area contributed by atoms with Crippen LogP contribution in [0.5, 0.6) is 11.5 Å². The van der Waals surface area contributed by atoms with Crippen LogP contribution >= 0.6 is 0 Å². The Morgan fingerprint density at radius 1 is 1.12 bits per heavy atom. The lowest BCUT2D eigenvalue weighted by atomic mass is 10.1. The maximum absolute atomic E-state index is 12.7. The number of ether oxygens (including phenoxy) is 2. The van der Waals surface area contributed by atoms with E-state index in [-0.39, 0.29) is 11.8 Å². The molecule has 2 amide bonds. The number of anilines is 1. The molecule has 0 fully saturated rings. The van der Waals surface area contributed by atoms with Crippen molar-refractivity contribution < 1.29 is 19.1 Å². The predicted octanol–water partition coefficient (Wildman–Crippen LogP) is 2.30. The highest BCUT2D eigenvalue weighted by atomic mass is 16.5. The lowest BCUT2D eigenvalue weighted by Gasteiger charge is -2.19. The number of hydrogen-bond acceptors (Lipinski definition) is 4. The molecule has 1 aliphatic heterocycles. The average Bonchev–Trinajstić information content (AvgIpc) is 2.87. The van der Waals surface area contributed by atoms with Gasteiger partial charge in [-0.2, -0.15) is 0 Å². The molecule has 1 N–H and O–H groups in total. The van der Waals surface area contributed by atoms with Gasteiger partial charge in [0.2, 0.25) is 5.91 Å². The Morgan fingerprint density at radius 3 is 2.52 bits per heavy atom. The van der Waals surface area contributed by atoms with Gasteiger partial charge in [-0.15, -0.1) is 0 Å². The second-order valence-electron chi connectivity index (χ2n) is 5.68. The first-order chi connectivity index (χ1) is 12.1. The molecule has 0 saturated heterocycles. The van der Waals surface area contributed by atoms with Crippen LogP contribution in [0.1, 0.15) is 18.5 Å². The van der Waals surface area contributed by atoms with Crippen LogP contribution in [0.3, 0.4) is 0 Å². The minimum atomic E-state index is -0.639. The zero-order valence-corrected chi connectivity index (χ0v) is 14.2. The maximum atomic E-state index is 12.7. The Labute approximate surface area is 146 Å². The summed E-state index contributed by atoms with van der Waals surface area (Å²) in [6.07, 6.45) is 0. The van der Waals surface area contributed by atoms with Crippen molar-refractivity contribution in [3.8, 4) is 11.5 Å². The van der Waals surface area contributed by atoms with Crippen molar-refractivity contribution in [1.29, 1.82) is 0 Å². The van der Waals surface area contributed by atoms with E-state index >= 15 is 0 Å². The summed E-state index contributed by atoms with van der Waals surface area (Å²) < 4.78 is 11.0. The van der Waals surface area contributed by atoms with Crippen molar-refractivity contribution in [2.24, 2.45) is 0 Å². The molecule has 3 rings (SSSR count). The molecule has 1 heterocycles. The monoisotopic (exact) mass is 340 g/mol. The van der Waals surface area contributed by atoms with Crippen LogP contribution in [0, 0.1) is 0 Å². The van der Waals surface area contributed by atoms with Crippen LogP contribution in [0.15, 0.2) is 48.5 Å². The van der Waals surface area contributed by atoms with Gasteiger partial charge < -0.3 is 19.7 Å².